The third-order valence-electron chi connectivity index (χ3n) is 13.3. The van der Waals surface area contributed by atoms with Gasteiger partial charge in [-0.15, -0.1) is 11.3 Å². The molecule has 67 heavy (non-hydrogen) atoms. The van der Waals surface area contributed by atoms with Gasteiger partial charge in [-0.1, -0.05) is 194 Å². The van der Waals surface area contributed by atoms with Crippen LogP contribution in [0.2, 0.25) is 0 Å². The molecule has 2 aliphatic rings. The van der Waals surface area contributed by atoms with E-state index in [-0.39, 0.29) is 42.4 Å². The minimum Gasteiger partial charge on any atom is -0.310 e. The fraction of sp³-hybridized carbons (Fsp3) is 0.0154. The molecule has 0 bridgehead atoms. The van der Waals surface area contributed by atoms with E-state index in [0.29, 0.717) is 11.3 Å². The Balaban J connectivity index is 1.01. The lowest BCUT2D eigenvalue weighted by molar-refractivity contribution is 0.794. The van der Waals surface area contributed by atoms with E-state index in [4.69, 9.17) is 13.7 Å². The highest BCUT2D eigenvalue weighted by Gasteiger charge is 2.52. The summed E-state index contributed by atoms with van der Waals surface area (Å²) in [6.45, 7) is 0. The molecule has 1 heterocycles. The summed E-state index contributed by atoms with van der Waals surface area (Å²) in [6.07, 6.45) is 0. The first kappa shape index (κ1) is 26.0. The molecule has 14 rings (SSSR count). The standard InChI is InChI=1S/C65H41NS/c1-4-16-42(17-5-1)46-30-35-55-61(39-46)67-62-40-47(43-18-6-2-7-19-43)38-56(64(55)62)45-28-32-49(33-29-45)66(48-21-8-3-9-22-48)50-34-36-53-52-24-12-14-26-57(52)65(60(53)41-50)58-27-15-13-25-54(58)63-51-23-11-10-20-44(51)31-37-59(63)65/h1-41H/i1D,2D,4D,5D,6D,7D,16D,17D,18D,19D,30D,35D,38D,39D,40D. The van der Waals surface area contributed by atoms with Crippen LogP contribution in [-0.4, -0.2) is 0 Å². The summed E-state index contributed by atoms with van der Waals surface area (Å²) in [4.78, 5) is 2.15. The molecule has 1 atom stereocenters. The average molecular weight is 883 g/mol. The van der Waals surface area contributed by atoms with Crippen molar-refractivity contribution in [3.63, 3.8) is 0 Å². The summed E-state index contributed by atoms with van der Waals surface area (Å²) in [7, 11) is 0. The molecular formula is C65H41NS. The molecule has 2 heteroatoms. The molecule has 0 N–H and O–H groups in total. The first-order valence-corrected chi connectivity index (χ1v) is 22.8. The van der Waals surface area contributed by atoms with Crippen molar-refractivity contribution in [2.75, 3.05) is 4.90 Å². The molecule has 1 unspecified atom stereocenters. The van der Waals surface area contributed by atoms with Crippen LogP contribution in [0.25, 0.3) is 86.6 Å². The van der Waals surface area contributed by atoms with Gasteiger partial charge < -0.3 is 4.90 Å². The largest absolute Gasteiger partial charge is 0.310 e. The van der Waals surface area contributed by atoms with Crippen LogP contribution in [0, 0.1) is 0 Å². The monoisotopic (exact) mass is 882 g/mol. The maximum atomic E-state index is 10.1. The fourth-order valence-corrected chi connectivity index (χ4v) is 11.7. The van der Waals surface area contributed by atoms with E-state index in [0.717, 1.165) is 44.8 Å². The number of fused-ring (bicyclic) bond motifs is 15. The molecule has 312 valence electrons. The molecule has 0 aliphatic heterocycles. The molecule has 2 aliphatic carbocycles. The van der Waals surface area contributed by atoms with Gasteiger partial charge in [0.15, 0.2) is 0 Å². The van der Waals surface area contributed by atoms with Gasteiger partial charge in [0.2, 0.25) is 0 Å². The van der Waals surface area contributed by atoms with Crippen LogP contribution in [0.3, 0.4) is 0 Å². The SMILES string of the molecule is [2H]c1c([2H])c([2H])c(-c2c([2H])c([2H])c3c(sc4c([2H])c(-c5c([2H])c([2H])c([2H])c([2H])c5[2H])c([2H])c(-c5ccc(N(c6ccccc6)c6ccc7c(c6)C6(c8ccccc8-7)c7ccccc7-c7c6ccc6ccccc76)cc5)c43)c2[2H])c([2H])c1[2H]. The molecule has 1 spiro atoms. The average Bonchev–Trinajstić information content (AvgIpc) is 1.91. The summed E-state index contributed by atoms with van der Waals surface area (Å²) < 4.78 is 135. The minimum atomic E-state index is -0.685. The van der Waals surface area contributed by atoms with E-state index >= 15 is 0 Å². The second-order valence-corrected chi connectivity index (χ2v) is 17.8. The number of hydrogen-bond acceptors (Lipinski definition) is 2. The van der Waals surface area contributed by atoms with Crippen molar-refractivity contribution in [1.82, 2.24) is 0 Å². The Morgan fingerprint density at radius 1 is 0.373 bits per heavy atom. The maximum absolute atomic E-state index is 10.1. The Bertz CT molecular complexity index is 4770. The summed E-state index contributed by atoms with van der Waals surface area (Å²) in [6, 6.07) is 45.2. The highest BCUT2D eigenvalue weighted by Crippen LogP contribution is 2.64. The zero-order valence-corrected chi connectivity index (χ0v) is 36.2. The Hall–Kier alpha value is -8.30. The van der Waals surface area contributed by atoms with Crippen molar-refractivity contribution < 1.29 is 20.6 Å². The van der Waals surface area contributed by atoms with Crippen LogP contribution in [-0.2, 0) is 5.41 Å². The smallest absolute Gasteiger partial charge is 0.0726 e. The third kappa shape index (κ3) is 5.67. The first-order chi connectivity index (χ1) is 39.5. The molecule has 0 saturated carbocycles. The van der Waals surface area contributed by atoms with Crippen molar-refractivity contribution in [3.05, 3.63) is 271 Å². The summed E-state index contributed by atoms with van der Waals surface area (Å²) in [5.74, 6) is 0. The van der Waals surface area contributed by atoms with E-state index in [1.54, 1.807) is 12.1 Å². The highest BCUT2D eigenvalue weighted by atomic mass is 32.1. The van der Waals surface area contributed by atoms with Gasteiger partial charge >= 0.3 is 0 Å². The molecule has 0 fully saturated rings. The molecule has 1 nitrogen and oxygen atoms in total. The summed E-state index contributed by atoms with van der Waals surface area (Å²) >= 11 is 0.851. The number of nitrogens with zero attached hydrogens (tertiary/aromatic N) is 1. The van der Waals surface area contributed by atoms with Gasteiger partial charge in [0.25, 0.3) is 0 Å². The quantitative estimate of drug-likeness (QED) is 0.161. The Morgan fingerprint density at radius 3 is 1.79 bits per heavy atom. The maximum Gasteiger partial charge on any atom is 0.0726 e. The van der Waals surface area contributed by atoms with Crippen molar-refractivity contribution in [1.29, 1.82) is 0 Å². The predicted molar refractivity (Wildman–Crippen MR) is 284 cm³/mol. The predicted octanol–water partition coefficient (Wildman–Crippen LogP) is 18.0. The lowest BCUT2D eigenvalue weighted by Crippen LogP contribution is -2.26. The van der Waals surface area contributed by atoms with Gasteiger partial charge in [0.1, 0.15) is 0 Å². The summed E-state index contributed by atoms with van der Waals surface area (Å²) in [5.41, 5.74) is 10.1. The molecule has 0 amide bonds. The molecular weight excluding hydrogens is 827 g/mol. The van der Waals surface area contributed by atoms with Crippen molar-refractivity contribution in [3.8, 4) is 55.6 Å². The normalized spacial score (nSPS) is 17.5. The Kier molecular flexibility index (Phi) is 5.77. The van der Waals surface area contributed by atoms with Gasteiger partial charge in [0, 0.05) is 37.2 Å². The van der Waals surface area contributed by atoms with Crippen LogP contribution in [0.15, 0.2) is 248 Å². The van der Waals surface area contributed by atoms with Crippen LogP contribution >= 0.6 is 11.3 Å². The fourth-order valence-electron chi connectivity index (χ4n) is 10.6. The van der Waals surface area contributed by atoms with Crippen LogP contribution < -0.4 is 4.90 Å². The van der Waals surface area contributed by atoms with Crippen LogP contribution in [0.1, 0.15) is 42.8 Å². The molecule has 1 aromatic heterocycles. The number of rotatable bonds is 6. The Morgan fingerprint density at radius 2 is 1.00 bits per heavy atom. The van der Waals surface area contributed by atoms with Gasteiger partial charge in [-0.3, -0.25) is 0 Å². The minimum absolute atomic E-state index is 0.00170. The van der Waals surface area contributed by atoms with E-state index in [1.807, 2.05) is 42.5 Å². The van der Waals surface area contributed by atoms with E-state index in [1.165, 1.54) is 33.2 Å². The van der Waals surface area contributed by atoms with Gasteiger partial charge in [0.05, 0.1) is 26.0 Å². The lowest BCUT2D eigenvalue weighted by atomic mass is 9.70. The van der Waals surface area contributed by atoms with E-state index < -0.39 is 102 Å². The molecule has 0 radical (unpaired) electrons. The van der Waals surface area contributed by atoms with Gasteiger partial charge in [-0.2, -0.15) is 0 Å². The number of benzene rings is 11. The van der Waals surface area contributed by atoms with Crippen molar-refractivity contribution in [2.24, 2.45) is 0 Å². The molecule has 11 aromatic carbocycles. The molecule has 12 aromatic rings. The third-order valence-corrected chi connectivity index (χ3v) is 14.4. The zero-order valence-electron chi connectivity index (χ0n) is 50.4. The van der Waals surface area contributed by atoms with E-state index in [2.05, 4.69) is 108 Å². The van der Waals surface area contributed by atoms with Crippen LogP contribution in [0.4, 0.5) is 17.1 Å². The summed E-state index contributed by atoms with van der Waals surface area (Å²) in [5, 5.41) is 2.46. The van der Waals surface area contributed by atoms with Crippen molar-refractivity contribution in [2.45, 2.75) is 5.41 Å². The number of hydrogen-bond donors (Lipinski definition) is 0. The highest BCUT2D eigenvalue weighted by molar-refractivity contribution is 7.26. The second kappa shape index (κ2) is 14.9. The number of anilines is 3. The van der Waals surface area contributed by atoms with Crippen LogP contribution in [0.5, 0.6) is 0 Å². The number of para-hydroxylation sites is 1. The number of thiophene rings is 1. The van der Waals surface area contributed by atoms with Crippen molar-refractivity contribution >= 4 is 59.3 Å². The first-order valence-electron chi connectivity index (χ1n) is 29.4. The van der Waals surface area contributed by atoms with E-state index in [9.17, 15) is 6.85 Å². The van der Waals surface area contributed by atoms with Gasteiger partial charge in [-0.25, -0.2) is 0 Å². The van der Waals surface area contributed by atoms with Gasteiger partial charge in [-0.05, 0) is 143 Å². The topological polar surface area (TPSA) is 3.24 Å². The lowest BCUT2D eigenvalue weighted by Gasteiger charge is -2.32. The second-order valence-electron chi connectivity index (χ2n) is 16.8. The molecule has 0 saturated heterocycles. The zero-order chi connectivity index (χ0) is 57.1. The Labute approximate surface area is 415 Å².